The Morgan fingerprint density at radius 1 is 1.15 bits per heavy atom. The molecule has 0 aromatic heterocycles. The summed E-state index contributed by atoms with van der Waals surface area (Å²) >= 11 is 0. The minimum absolute atomic E-state index is 0. The van der Waals surface area contributed by atoms with Crippen LogP contribution in [0.2, 0.25) is 0 Å². The van der Waals surface area contributed by atoms with Crippen molar-refractivity contribution in [3.05, 3.63) is 70.8 Å². The Hall–Kier alpha value is -1.67. The Labute approximate surface area is 164 Å². The van der Waals surface area contributed by atoms with E-state index in [-0.39, 0.29) is 48.9 Å². The minimum Gasteiger partial charge on any atom is -0.549 e. The van der Waals surface area contributed by atoms with E-state index in [1.165, 1.54) is 18.2 Å². The van der Waals surface area contributed by atoms with E-state index in [4.69, 9.17) is 0 Å². The number of hydrogen-bond acceptors (Lipinski definition) is 3. The zero-order valence-corrected chi connectivity index (χ0v) is 15.0. The molecule has 0 amide bonds. The molecule has 2 aromatic carbocycles. The zero-order chi connectivity index (χ0) is 18.0. The summed E-state index contributed by atoms with van der Waals surface area (Å²) in [5, 5.41) is 10.8. The number of fused-ring (bicyclic) bond motifs is 1. The molecule has 3 rings (SSSR count). The maximum Gasteiger partial charge on any atom is 1.00 e. The molecule has 0 N–H and O–H groups in total. The number of carboxylic acids is 1. The van der Waals surface area contributed by atoms with Crippen molar-refractivity contribution in [2.75, 3.05) is 20.1 Å². The van der Waals surface area contributed by atoms with E-state index in [0.717, 1.165) is 29.5 Å². The van der Waals surface area contributed by atoms with Crippen molar-refractivity contribution in [1.82, 2.24) is 4.90 Å². The number of likely N-dealkylation sites (N-methyl/N-ethyl adjacent to an activating group) is 1. The van der Waals surface area contributed by atoms with E-state index in [1.54, 1.807) is 36.2 Å². The first-order chi connectivity index (χ1) is 11.9. The van der Waals surface area contributed by atoms with Crippen molar-refractivity contribution in [1.29, 1.82) is 0 Å². The predicted molar refractivity (Wildman–Crippen MR) is 89.0 cm³/mol. The molecule has 0 radical (unpaired) electrons. The molecule has 0 saturated carbocycles. The Bertz CT molecular complexity index is 767. The van der Waals surface area contributed by atoms with Crippen molar-refractivity contribution in [2.24, 2.45) is 5.92 Å². The number of benzene rings is 2. The number of carboxylic acid groups (broad SMARTS) is 1. The molecule has 2 atom stereocenters. The second-order valence-electron chi connectivity index (χ2n) is 6.74. The van der Waals surface area contributed by atoms with E-state index in [1.807, 2.05) is 0 Å². The summed E-state index contributed by atoms with van der Waals surface area (Å²) in [6.45, 7) is 0.440. The van der Waals surface area contributed by atoms with E-state index in [0.29, 0.717) is 6.54 Å². The summed E-state index contributed by atoms with van der Waals surface area (Å²) in [6, 6.07) is 11.2. The standard InChI is InChI=1S/C20H21F2NO2.Li/c1-23(12-19(24)25)11-15-3-2-14-10-17(22)8-9-18(14)20(15)13-4-6-16(21)7-5-13;/h4-10,15,20H,2-3,11-12H2,1H3,(H,24,25);/q;+1/p-1/t15-,20+;/m1./s1. The molecule has 0 heterocycles. The van der Waals surface area contributed by atoms with E-state index >= 15 is 0 Å². The molecule has 1 aliphatic carbocycles. The number of hydrogen-bond donors (Lipinski definition) is 0. The SMILES string of the molecule is CN(CC(=O)[O-])C[C@H]1CCc2cc(F)ccc2[C@H]1c1ccc(F)cc1.[Li+]. The first-order valence-corrected chi connectivity index (χ1v) is 8.36. The van der Waals surface area contributed by atoms with Crippen LogP contribution in [0, 0.1) is 17.6 Å². The van der Waals surface area contributed by atoms with Gasteiger partial charge in [-0.05, 0) is 66.8 Å². The number of carbonyl (C=O) groups excluding carboxylic acids is 1. The minimum atomic E-state index is -1.11. The largest absolute Gasteiger partial charge is 1.00 e. The van der Waals surface area contributed by atoms with Gasteiger partial charge in [-0.3, -0.25) is 0 Å². The van der Waals surface area contributed by atoms with Crippen LogP contribution in [0.5, 0.6) is 0 Å². The predicted octanol–water partition coefficient (Wildman–Crippen LogP) is -0.655. The van der Waals surface area contributed by atoms with Gasteiger partial charge in [0, 0.05) is 19.0 Å². The van der Waals surface area contributed by atoms with Crippen LogP contribution in [-0.4, -0.2) is 31.0 Å². The summed E-state index contributed by atoms with van der Waals surface area (Å²) in [7, 11) is 1.75. The Kier molecular flexibility index (Phi) is 6.99. The van der Waals surface area contributed by atoms with Crippen LogP contribution < -0.4 is 24.0 Å². The molecule has 26 heavy (non-hydrogen) atoms. The second-order valence-corrected chi connectivity index (χ2v) is 6.74. The third-order valence-electron chi connectivity index (χ3n) is 4.87. The van der Waals surface area contributed by atoms with Gasteiger partial charge in [-0.15, -0.1) is 0 Å². The van der Waals surface area contributed by atoms with E-state index in [2.05, 4.69) is 0 Å². The van der Waals surface area contributed by atoms with Crippen molar-refractivity contribution >= 4 is 5.97 Å². The number of aryl methyl sites for hydroxylation is 1. The van der Waals surface area contributed by atoms with Crippen LogP contribution >= 0.6 is 0 Å². The van der Waals surface area contributed by atoms with Gasteiger partial charge in [0.25, 0.3) is 0 Å². The monoisotopic (exact) mass is 351 g/mol. The summed E-state index contributed by atoms with van der Waals surface area (Å²) in [5.74, 6) is -1.53. The molecule has 0 aliphatic heterocycles. The maximum atomic E-state index is 13.6. The summed E-state index contributed by atoms with van der Waals surface area (Å²) < 4.78 is 26.9. The van der Waals surface area contributed by atoms with Gasteiger partial charge in [0.2, 0.25) is 0 Å². The molecule has 132 valence electrons. The van der Waals surface area contributed by atoms with Crippen molar-refractivity contribution < 1.29 is 37.5 Å². The molecule has 0 saturated heterocycles. The first kappa shape index (κ1) is 20.6. The maximum absolute atomic E-state index is 13.6. The summed E-state index contributed by atoms with van der Waals surface area (Å²) in [6.07, 6.45) is 1.56. The van der Waals surface area contributed by atoms with E-state index < -0.39 is 5.97 Å². The number of rotatable bonds is 5. The molecular weight excluding hydrogens is 331 g/mol. The Morgan fingerprint density at radius 2 is 1.81 bits per heavy atom. The normalized spacial score (nSPS) is 18.9. The fraction of sp³-hybridized carbons (Fsp3) is 0.350. The van der Waals surface area contributed by atoms with E-state index in [9.17, 15) is 18.7 Å². The van der Waals surface area contributed by atoms with Crippen LogP contribution in [0.15, 0.2) is 42.5 Å². The van der Waals surface area contributed by atoms with Crippen molar-refractivity contribution in [2.45, 2.75) is 18.8 Å². The molecule has 2 aromatic rings. The zero-order valence-electron chi connectivity index (χ0n) is 15.0. The van der Waals surface area contributed by atoms with Crippen LogP contribution in [-0.2, 0) is 11.2 Å². The molecule has 6 heteroatoms. The third-order valence-corrected chi connectivity index (χ3v) is 4.87. The third kappa shape index (κ3) is 4.73. The average Bonchev–Trinajstić information content (AvgIpc) is 2.55. The molecule has 0 unspecified atom stereocenters. The molecule has 0 spiro atoms. The van der Waals surface area contributed by atoms with Crippen LogP contribution in [0.4, 0.5) is 8.78 Å². The summed E-state index contributed by atoms with van der Waals surface area (Å²) in [4.78, 5) is 12.6. The van der Waals surface area contributed by atoms with Crippen LogP contribution in [0.1, 0.15) is 29.0 Å². The molecule has 1 aliphatic rings. The van der Waals surface area contributed by atoms with Crippen LogP contribution in [0.25, 0.3) is 0 Å². The van der Waals surface area contributed by atoms with Crippen LogP contribution in [0.3, 0.4) is 0 Å². The Morgan fingerprint density at radius 3 is 2.46 bits per heavy atom. The molecule has 0 fully saturated rings. The average molecular weight is 351 g/mol. The number of halogens is 2. The Balaban J connectivity index is 0.00000243. The topological polar surface area (TPSA) is 43.4 Å². The first-order valence-electron chi connectivity index (χ1n) is 8.36. The number of carbonyl (C=O) groups is 1. The van der Waals surface area contributed by atoms with Crippen molar-refractivity contribution in [3.63, 3.8) is 0 Å². The van der Waals surface area contributed by atoms with Gasteiger partial charge in [-0.25, -0.2) is 8.78 Å². The van der Waals surface area contributed by atoms with Gasteiger partial charge < -0.3 is 14.8 Å². The number of nitrogens with zero attached hydrogens (tertiary/aromatic N) is 1. The summed E-state index contributed by atoms with van der Waals surface area (Å²) in [5.41, 5.74) is 2.96. The quantitative estimate of drug-likeness (QED) is 0.672. The van der Waals surface area contributed by atoms with Crippen molar-refractivity contribution in [3.8, 4) is 0 Å². The van der Waals surface area contributed by atoms with Gasteiger partial charge in [0.1, 0.15) is 11.6 Å². The van der Waals surface area contributed by atoms with Gasteiger partial charge in [0.15, 0.2) is 0 Å². The second kappa shape index (κ2) is 8.81. The van der Waals surface area contributed by atoms with Gasteiger partial charge in [0.05, 0.1) is 5.97 Å². The fourth-order valence-electron chi connectivity index (χ4n) is 3.86. The smallest absolute Gasteiger partial charge is 0.549 e. The molecular formula is C20H20F2LiNO2. The number of aliphatic carboxylic acids is 1. The molecule has 0 bridgehead atoms. The fourth-order valence-corrected chi connectivity index (χ4v) is 3.86. The molecule has 3 nitrogen and oxygen atoms in total. The van der Waals surface area contributed by atoms with Gasteiger partial charge >= 0.3 is 18.9 Å². The van der Waals surface area contributed by atoms with Gasteiger partial charge in [-0.1, -0.05) is 18.2 Å². The van der Waals surface area contributed by atoms with Gasteiger partial charge in [-0.2, -0.15) is 0 Å².